The van der Waals surface area contributed by atoms with Crippen LogP contribution in [-0.4, -0.2) is 48.6 Å². The lowest BCUT2D eigenvalue weighted by Gasteiger charge is -2.28. The van der Waals surface area contributed by atoms with E-state index in [1.54, 1.807) is 24.4 Å². The van der Waals surface area contributed by atoms with E-state index in [1.807, 2.05) is 31.2 Å². The highest BCUT2D eigenvalue weighted by Crippen LogP contribution is 2.18. The van der Waals surface area contributed by atoms with Crippen molar-refractivity contribution in [1.82, 2.24) is 9.88 Å². The Kier molecular flexibility index (Phi) is 7.03. The van der Waals surface area contributed by atoms with Crippen molar-refractivity contribution >= 4 is 17.7 Å². The summed E-state index contributed by atoms with van der Waals surface area (Å²) in [5.41, 5.74) is 1.57. The summed E-state index contributed by atoms with van der Waals surface area (Å²) in [7, 11) is 2.12. The molecule has 0 spiro atoms. The molecule has 2 aromatic rings. The van der Waals surface area contributed by atoms with Gasteiger partial charge >= 0.3 is 0 Å². The first-order chi connectivity index (χ1) is 13.6. The zero-order chi connectivity index (χ0) is 19.8. The Labute approximate surface area is 166 Å². The van der Waals surface area contributed by atoms with Gasteiger partial charge in [0.25, 0.3) is 0 Å². The lowest BCUT2D eigenvalue weighted by atomic mass is 10.1. The van der Waals surface area contributed by atoms with Crippen molar-refractivity contribution in [2.75, 3.05) is 32.1 Å². The van der Waals surface area contributed by atoms with Crippen molar-refractivity contribution < 1.29 is 14.3 Å². The Balaban J connectivity index is 1.48. The van der Waals surface area contributed by atoms with E-state index in [-0.39, 0.29) is 12.0 Å². The Morgan fingerprint density at radius 3 is 2.61 bits per heavy atom. The third-order valence-corrected chi connectivity index (χ3v) is 4.58. The van der Waals surface area contributed by atoms with Crippen LogP contribution in [0.2, 0.25) is 0 Å². The van der Waals surface area contributed by atoms with Gasteiger partial charge in [0.15, 0.2) is 0 Å². The average Bonchev–Trinajstić information content (AvgIpc) is 2.71. The molecule has 0 unspecified atom stereocenters. The molecule has 6 nitrogen and oxygen atoms in total. The molecular formula is C22H27N3O3. The number of piperidine rings is 1. The smallest absolute Gasteiger partial charge is 0.248 e. The van der Waals surface area contributed by atoms with E-state index >= 15 is 0 Å². The molecule has 2 heterocycles. The molecule has 0 aliphatic carbocycles. The lowest BCUT2D eigenvalue weighted by molar-refractivity contribution is -0.111. The second kappa shape index (κ2) is 9.90. The molecule has 3 rings (SSSR count). The number of hydrogen-bond donors (Lipinski definition) is 1. The molecule has 1 N–H and O–H groups in total. The summed E-state index contributed by atoms with van der Waals surface area (Å²) in [6, 6.07) is 11.2. The number of nitrogens with one attached hydrogen (secondary N) is 1. The first-order valence-electron chi connectivity index (χ1n) is 9.65. The van der Waals surface area contributed by atoms with Gasteiger partial charge in [-0.1, -0.05) is 12.1 Å². The van der Waals surface area contributed by atoms with Gasteiger partial charge in [-0.15, -0.1) is 0 Å². The minimum atomic E-state index is -0.209. The van der Waals surface area contributed by atoms with Gasteiger partial charge in [0.1, 0.15) is 11.9 Å². The van der Waals surface area contributed by atoms with Crippen LogP contribution >= 0.6 is 0 Å². The van der Waals surface area contributed by atoms with Crippen molar-refractivity contribution in [1.29, 1.82) is 0 Å². The van der Waals surface area contributed by atoms with Gasteiger partial charge in [-0.2, -0.15) is 0 Å². The second-order valence-electron chi connectivity index (χ2n) is 6.83. The van der Waals surface area contributed by atoms with E-state index < -0.39 is 0 Å². The number of rotatable bonds is 7. The Morgan fingerprint density at radius 1 is 1.21 bits per heavy atom. The molecule has 148 valence electrons. The fourth-order valence-corrected chi connectivity index (χ4v) is 3.00. The van der Waals surface area contributed by atoms with Gasteiger partial charge in [-0.3, -0.25) is 4.79 Å². The maximum absolute atomic E-state index is 12.1. The number of ether oxygens (including phenoxy) is 2. The van der Waals surface area contributed by atoms with Crippen LogP contribution in [0.25, 0.3) is 6.08 Å². The summed E-state index contributed by atoms with van der Waals surface area (Å²) in [6.45, 7) is 4.66. The number of hydrogen-bond acceptors (Lipinski definition) is 5. The molecule has 0 bridgehead atoms. The number of aromatic nitrogens is 1. The molecular weight excluding hydrogens is 354 g/mol. The van der Waals surface area contributed by atoms with Gasteiger partial charge in [0.05, 0.1) is 18.5 Å². The number of pyridine rings is 1. The summed E-state index contributed by atoms with van der Waals surface area (Å²) >= 11 is 0. The van der Waals surface area contributed by atoms with Gasteiger partial charge in [-0.25, -0.2) is 4.98 Å². The monoisotopic (exact) mass is 381 g/mol. The third-order valence-electron chi connectivity index (χ3n) is 4.58. The molecule has 1 aliphatic heterocycles. The van der Waals surface area contributed by atoms with E-state index in [2.05, 4.69) is 22.2 Å². The Bertz CT molecular complexity index is 780. The molecule has 0 saturated carbocycles. The predicted octanol–water partition coefficient (Wildman–Crippen LogP) is 3.61. The largest absolute Gasteiger partial charge is 0.494 e. The fourth-order valence-electron chi connectivity index (χ4n) is 3.00. The van der Waals surface area contributed by atoms with Crippen molar-refractivity contribution in [3.63, 3.8) is 0 Å². The third kappa shape index (κ3) is 6.09. The number of benzene rings is 1. The van der Waals surface area contributed by atoms with Crippen LogP contribution in [-0.2, 0) is 4.79 Å². The van der Waals surface area contributed by atoms with Crippen LogP contribution < -0.4 is 14.8 Å². The maximum atomic E-state index is 12.1. The first kappa shape index (κ1) is 19.9. The van der Waals surface area contributed by atoms with Gasteiger partial charge in [-0.05, 0) is 56.7 Å². The molecule has 1 aromatic heterocycles. The number of likely N-dealkylation sites (tertiary alicyclic amines) is 1. The van der Waals surface area contributed by atoms with Crippen LogP contribution in [0.4, 0.5) is 5.69 Å². The first-order valence-corrected chi connectivity index (χ1v) is 9.65. The summed E-state index contributed by atoms with van der Waals surface area (Å²) in [5.74, 6) is 1.20. The van der Waals surface area contributed by atoms with Crippen molar-refractivity contribution in [3.05, 3.63) is 54.2 Å². The summed E-state index contributed by atoms with van der Waals surface area (Å²) in [5, 5.41) is 2.81. The predicted molar refractivity (Wildman–Crippen MR) is 111 cm³/mol. The number of amides is 1. The zero-order valence-corrected chi connectivity index (χ0v) is 16.4. The average molecular weight is 381 g/mol. The van der Waals surface area contributed by atoms with Crippen LogP contribution in [0, 0.1) is 0 Å². The van der Waals surface area contributed by atoms with E-state index in [9.17, 15) is 4.79 Å². The molecule has 0 atom stereocenters. The Hall–Kier alpha value is -2.86. The second-order valence-corrected chi connectivity index (χ2v) is 6.83. The molecule has 1 amide bonds. The Morgan fingerprint density at radius 2 is 1.96 bits per heavy atom. The molecule has 1 aliphatic rings. The van der Waals surface area contributed by atoms with Crippen molar-refractivity contribution in [3.8, 4) is 11.6 Å². The number of carbonyl (C=O) groups excluding carboxylic acids is 1. The van der Waals surface area contributed by atoms with Crippen LogP contribution in [0.1, 0.15) is 25.3 Å². The van der Waals surface area contributed by atoms with E-state index in [4.69, 9.17) is 9.47 Å². The van der Waals surface area contributed by atoms with Crippen molar-refractivity contribution in [2.24, 2.45) is 0 Å². The highest BCUT2D eigenvalue weighted by atomic mass is 16.5. The molecule has 1 aromatic carbocycles. The number of anilines is 1. The van der Waals surface area contributed by atoms with E-state index in [0.717, 1.165) is 37.2 Å². The standard InChI is InChI=1S/C22H27N3O3/c1-3-27-19-8-4-17(5-9-19)6-10-21(26)24-18-7-11-22(23-16-18)28-20-12-14-25(2)15-13-20/h4-11,16,20H,3,12-15H2,1-2H3,(H,24,26)/b10-6+. The fraction of sp³-hybridized carbons (Fsp3) is 0.364. The van der Waals surface area contributed by atoms with E-state index in [0.29, 0.717) is 18.2 Å². The SMILES string of the molecule is CCOc1ccc(/C=C/C(=O)Nc2ccc(OC3CCN(C)CC3)nc2)cc1. The topological polar surface area (TPSA) is 63.7 Å². The maximum Gasteiger partial charge on any atom is 0.248 e. The quantitative estimate of drug-likeness (QED) is 0.743. The minimum absolute atomic E-state index is 0.209. The molecule has 1 fully saturated rings. The molecule has 0 radical (unpaired) electrons. The van der Waals surface area contributed by atoms with Gasteiger partial charge in [0, 0.05) is 25.2 Å². The van der Waals surface area contributed by atoms with Gasteiger partial charge in [0.2, 0.25) is 11.8 Å². The number of carbonyl (C=O) groups is 1. The van der Waals surface area contributed by atoms with Gasteiger partial charge < -0.3 is 19.7 Å². The summed E-state index contributed by atoms with van der Waals surface area (Å²) in [4.78, 5) is 18.7. The lowest BCUT2D eigenvalue weighted by Crippen LogP contribution is -2.35. The highest BCUT2D eigenvalue weighted by molar-refractivity contribution is 6.01. The molecule has 6 heteroatoms. The molecule has 28 heavy (non-hydrogen) atoms. The summed E-state index contributed by atoms with van der Waals surface area (Å²) in [6.07, 6.45) is 7.10. The number of nitrogens with zero attached hydrogens (tertiary/aromatic N) is 2. The summed E-state index contributed by atoms with van der Waals surface area (Å²) < 4.78 is 11.3. The zero-order valence-electron chi connectivity index (χ0n) is 16.4. The minimum Gasteiger partial charge on any atom is -0.494 e. The normalized spacial score (nSPS) is 15.5. The van der Waals surface area contributed by atoms with Crippen LogP contribution in [0.5, 0.6) is 11.6 Å². The van der Waals surface area contributed by atoms with E-state index in [1.165, 1.54) is 6.08 Å². The van der Waals surface area contributed by atoms with Crippen molar-refractivity contribution in [2.45, 2.75) is 25.9 Å². The molecule has 1 saturated heterocycles. The van der Waals surface area contributed by atoms with Crippen LogP contribution in [0.15, 0.2) is 48.7 Å². The van der Waals surface area contributed by atoms with Crippen LogP contribution in [0.3, 0.4) is 0 Å². The highest BCUT2D eigenvalue weighted by Gasteiger charge is 2.18.